The third kappa shape index (κ3) is 3.52. The molecule has 2 amide bonds. The molecule has 1 aromatic carbocycles. The smallest absolute Gasteiger partial charge is 0.274 e. The van der Waals surface area contributed by atoms with Crippen molar-refractivity contribution in [1.82, 2.24) is 24.1 Å². The fourth-order valence-corrected chi connectivity index (χ4v) is 3.11. The quantitative estimate of drug-likeness (QED) is 0.565. The highest BCUT2D eigenvalue weighted by atomic mass is 19.1. The number of amides is 2. The molecule has 30 heavy (non-hydrogen) atoms. The Hall–Kier alpha value is -4.01. The van der Waals surface area contributed by atoms with E-state index in [2.05, 4.69) is 15.4 Å². The molecule has 0 radical (unpaired) electrons. The van der Waals surface area contributed by atoms with Crippen LogP contribution in [0.15, 0.2) is 55.0 Å². The number of aryl methyl sites for hydroxylation is 1. The fourth-order valence-electron chi connectivity index (χ4n) is 3.11. The molecule has 0 aliphatic heterocycles. The van der Waals surface area contributed by atoms with Gasteiger partial charge in [-0.15, -0.1) is 0 Å². The van der Waals surface area contributed by atoms with E-state index in [9.17, 15) is 14.0 Å². The van der Waals surface area contributed by atoms with E-state index in [1.165, 1.54) is 27.9 Å². The summed E-state index contributed by atoms with van der Waals surface area (Å²) >= 11 is 0. The monoisotopic (exact) mass is 406 g/mol. The van der Waals surface area contributed by atoms with Gasteiger partial charge < -0.3 is 14.6 Å². The number of imidazole rings is 1. The van der Waals surface area contributed by atoms with Crippen molar-refractivity contribution in [1.29, 1.82) is 0 Å². The SMILES string of the molecule is CN(C)C(=O)c1cnn(C)c1C(=O)Nc1ccn2cc(-c3ccc(F)cc3)nc2c1. The van der Waals surface area contributed by atoms with Gasteiger partial charge in [-0.2, -0.15) is 5.10 Å². The highest BCUT2D eigenvalue weighted by Crippen LogP contribution is 2.22. The van der Waals surface area contributed by atoms with Crippen LogP contribution in [0.2, 0.25) is 0 Å². The Morgan fingerprint density at radius 3 is 2.57 bits per heavy atom. The van der Waals surface area contributed by atoms with Crippen LogP contribution in [-0.2, 0) is 7.05 Å². The van der Waals surface area contributed by atoms with Gasteiger partial charge in [-0.3, -0.25) is 14.3 Å². The lowest BCUT2D eigenvalue weighted by Crippen LogP contribution is -2.26. The van der Waals surface area contributed by atoms with Crippen molar-refractivity contribution in [3.05, 3.63) is 72.1 Å². The predicted molar refractivity (Wildman–Crippen MR) is 110 cm³/mol. The van der Waals surface area contributed by atoms with Gasteiger partial charge in [0.05, 0.1) is 17.5 Å². The third-order valence-corrected chi connectivity index (χ3v) is 4.65. The number of fused-ring (bicyclic) bond motifs is 1. The Balaban J connectivity index is 1.62. The molecule has 1 N–H and O–H groups in total. The standard InChI is InChI=1S/C21H19FN6O2/c1-26(2)21(30)16-11-23-27(3)19(16)20(29)24-15-8-9-28-12-17(25-18(28)10-15)13-4-6-14(22)7-5-13/h4-12H,1-3H3,(H,24,29). The summed E-state index contributed by atoms with van der Waals surface area (Å²) in [4.78, 5) is 31.1. The van der Waals surface area contributed by atoms with Crippen LogP contribution in [0.25, 0.3) is 16.9 Å². The second-order valence-electron chi connectivity index (χ2n) is 7.00. The minimum absolute atomic E-state index is 0.170. The normalized spacial score (nSPS) is 10.9. The molecule has 9 heteroatoms. The molecular weight excluding hydrogens is 387 g/mol. The Kier molecular flexibility index (Phi) is 4.78. The van der Waals surface area contributed by atoms with Crippen LogP contribution in [0.3, 0.4) is 0 Å². The van der Waals surface area contributed by atoms with Crippen molar-refractivity contribution < 1.29 is 14.0 Å². The summed E-state index contributed by atoms with van der Waals surface area (Å²) in [5.41, 5.74) is 3.00. The van der Waals surface area contributed by atoms with Gasteiger partial charge in [-0.25, -0.2) is 9.37 Å². The number of rotatable bonds is 4. The Morgan fingerprint density at radius 1 is 1.13 bits per heavy atom. The molecule has 0 saturated carbocycles. The van der Waals surface area contributed by atoms with E-state index in [-0.39, 0.29) is 23.0 Å². The van der Waals surface area contributed by atoms with E-state index in [0.717, 1.165) is 5.56 Å². The summed E-state index contributed by atoms with van der Waals surface area (Å²) in [6.45, 7) is 0. The van der Waals surface area contributed by atoms with Gasteiger partial charge in [-0.05, 0) is 30.3 Å². The van der Waals surface area contributed by atoms with Crippen LogP contribution >= 0.6 is 0 Å². The fraction of sp³-hybridized carbons (Fsp3) is 0.143. The van der Waals surface area contributed by atoms with Crippen LogP contribution in [-0.4, -0.2) is 50.0 Å². The van der Waals surface area contributed by atoms with Crippen molar-refractivity contribution in [3.8, 4) is 11.3 Å². The number of anilines is 1. The van der Waals surface area contributed by atoms with E-state index in [1.807, 2.05) is 6.20 Å². The maximum Gasteiger partial charge on any atom is 0.274 e. The molecule has 0 aliphatic rings. The zero-order valence-electron chi connectivity index (χ0n) is 16.6. The van der Waals surface area contributed by atoms with Crippen molar-refractivity contribution in [2.24, 2.45) is 7.05 Å². The molecule has 152 valence electrons. The Bertz CT molecular complexity index is 1260. The first-order chi connectivity index (χ1) is 14.3. The average molecular weight is 406 g/mol. The molecule has 3 aromatic heterocycles. The molecule has 4 aromatic rings. The summed E-state index contributed by atoms with van der Waals surface area (Å²) in [6, 6.07) is 9.52. The number of benzene rings is 1. The summed E-state index contributed by atoms with van der Waals surface area (Å²) in [5, 5.41) is 6.84. The lowest BCUT2D eigenvalue weighted by atomic mass is 10.2. The maximum atomic E-state index is 13.2. The van der Waals surface area contributed by atoms with Gasteiger partial charge in [0, 0.05) is 50.9 Å². The molecule has 0 aliphatic carbocycles. The van der Waals surface area contributed by atoms with Crippen LogP contribution in [0.1, 0.15) is 20.8 Å². The first-order valence-corrected chi connectivity index (χ1v) is 9.13. The topological polar surface area (TPSA) is 84.5 Å². The number of halogens is 1. The number of pyridine rings is 1. The minimum Gasteiger partial charge on any atom is -0.345 e. The number of carbonyl (C=O) groups excluding carboxylic acids is 2. The molecule has 0 bridgehead atoms. The third-order valence-electron chi connectivity index (χ3n) is 4.65. The van der Waals surface area contributed by atoms with Gasteiger partial charge >= 0.3 is 0 Å². The highest BCUT2D eigenvalue weighted by molar-refractivity contribution is 6.11. The minimum atomic E-state index is -0.449. The average Bonchev–Trinajstić information content (AvgIpc) is 3.31. The lowest BCUT2D eigenvalue weighted by Gasteiger charge is -2.11. The maximum absolute atomic E-state index is 13.2. The predicted octanol–water partition coefficient (Wildman–Crippen LogP) is 2.83. The van der Waals surface area contributed by atoms with Crippen LogP contribution < -0.4 is 5.32 Å². The molecule has 8 nitrogen and oxygen atoms in total. The van der Waals surface area contributed by atoms with Gasteiger partial charge in [0.15, 0.2) is 0 Å². The van der Waals surface area contributed by atoms with E-state index in [4.69, 9.17) is 0 Å². The number of hydrogen-bond acceptors (Lipinski definition) is 4. The summed E-state index contributed by atoms with van der Waals surface area (Å²) in [7, 11) is 4.83. The van der Waals surface area contributed by atoms with Crippen molar-refractivity contribution in [3.63, 3.8) is 0 Å². The second kappa shape index (κ2) is 7.43. The summed E-state index contributed by atoms with van der Waals surface area (Å²) in [5.74, 6) is -1.06. The van der Waals surface area contributed by atoms with E-state index < -0.39 is 5.91 Å². The lowest BCUT2D eigenvalue weighted by molar-refractivity contribution is 0.0821. The van der Waals surface area contributed by atoms with Crippen molar-refractivity contribution in [2.45, 2.75) is 0 Å². The van der Waals surface area contributed by atoms with Gasteiger partial charge in [-0.1, -0.05) is 0 Å². The number of carbonyl (C=O) groups is 2. The van der Waals surface area contributed by atoms with E-state index >= 15 is 0 Å². The zero-order chi connectivity index (χ0) is 21.4. The van der Waals surface area contributed by atoms with Gasteiger partial charge in [0.1, 0.15) is 17.2 Å². The first kappa shape index (κ1) is 19.3. The number of aromatic nitrogens is 4. The van der Waals surface area contributed by atoms with Crippen LogP contribution in [0, 0.1) is 5.82 Å². The molecule has 0 atom stereocenters. The number of nitrogens with zero attached hydrogens (tertiary/aromatic N) is 5. The van der Waals surface area contributed by atoms with E-state index in [0.29, 0.717) is 17.0 Å². The summed E-state index contributed by atoms with van der Waals surface area (Å²) in [6.07, 6.45) is 4.97. The Morgan fingerprint density at radius 2 is 1.87 bits per heavy atom. The highest BCUT2D eigenvalue weighted by Gasteiger charge is 2.23. The molecule has 0 spiro atoms. The molecule has 0 unspecified atom stereocenters. The first-order valence-electron chi connectivity index (χ1n) is 9.13. The molecule has 3 heterocycles. The summed E-state index contributed by atoms with van der Waals surface area (Å²) < 4.78 is 16.3. The molecule has 0 saturated heterocycles. The van der Waals surface area contributed by atoms with E-state index in [1.54, 1.807) is 56.0 Å². The van der Waals surface area contributed by atoms with Crippen LogP contribution in [0.5, 0.6) is 0 Å². The molecule has 4 rings (SSSR count). The molecule has 0 fully saturated rings. The zero-order valence-corrected chi connectivity index (χ0v) is 16.6. The number of hydrogen-bond donors (Lipinski definition) is 1. The van der Waals surface area contributed by atoms with Gasteiger partial charge in [0.2, 0.25) is 0 Å². The number of nitrogens with one attached hydrogen (secondary N) is 1. The van der Waals surface area contributed by atoms with Crippen molar-refractivity contribution in [2.75, 3.05) is 19.4 Å². The largest absolute Gasteiger partial charge is 0.345 e. The molecular formula is C21H19FN6O2. The van der Waals surface area contributed by atoms with Crippen molar-refractivity contribution >= 4 is 23.1 Å². The second-order valence-corrected chi connectivity index (χ2v) is 7.00. The van der Waals surface area contributed by atoms with Gasteiger partial charge in [0.25, 0.3) is 11.8 Å². The van der Waals surface area contributed by atoms with Crippen LogP contribution in [0.4, 0.5) is 10.1 Å². The Labute approximate surface area is 171 Å².